The summed E-state index contributed by atoms with van der Waals surface area (Å²) >= 11 is 12.0. The summed E-state index contributed by atoms with van der Waals surface area (Å²) in [4.78, 5) is 34.2. The third kappa shape index (κ3) is 6.38. The number of carbonyl (C=O) groups is 2. The van der Waals surface area contributed by atoms with Gasteiger partial charge >= 0.3 is 6.09 Å². The normalized spacial score (nSPS) is 16.1. The molecule has 0 spiro atoms. The number of nitrogens with zero attached hydrogens (tertiary/aromatic N) is 3. The summed E-state index contributed by atoms with van der Waals surface area (Å²) < 4.78 is 5.13. The molecule has 0 atom stereocenters. The molecule has 10 heteroatoms. The van der Waals surface area contributed by atoms with Gasteiger partial charge in [-0.15, -0.1) is 0 Å². The third-order valence-corrected chi connectivity index (χ3v) is 4.31. The Kier molecular flexibility index (Phi) is 7.65. The number of hydrogen-bond donors (Lipinski definition) is 2. The highest BCUT2D eigenvalue weighted by molar-refractivity contribution is 6.42. The molecule has 0 aliphatic carbocycles. The maximum Gasteiger partial charge on any atom is 0.414 e. The summed E-state index contributed by atoms with van der Waals surface area (Å²) in [7, 11) is 0. The molecule has 2 amide bonds. The van der Waals surface area contributed by atoms with Gasteiger partial charge in [0.2, 0.25) is 17.8 Å². The fraction of sp³-hybridized carbons (Fsp3) is 0.444. The zero-order chi connectivity index (χ0) is 20.8. The van der Waals surface area contributed by atoms with Crippen LogP contribution in [0.4, 0.5) is 10.5 Å². The Morgan fingerprint density at radius 2 is 2.00 bits per heavy atom. The van der Waals surface area contributed by atoms with Crippen LogP contribution >= 0.6 is 23.2 Å². The zero-order valence-corrected chi connectivity index (χ0v) is 17.6. The smallest absolute Gasteiger partial charge is 0.414 e. The Morgan fingerprint density at radius 3 is 2.61 bits per heavy atom. The first-order chi connectivity index (χ1) is 13.2. The lowest BCUT2D eigenvalue weighted by Crippen LogP contribution is -2.39. The molecule has 0 radical (unpaired) electrons. The number of nitrogens with one attached hydrogen (secondary N) is 2. The molecule has 1 heterocycles. The first-order valence-corrected chi connectivity index (χ1v) is 9.54. The predicted octanol–water partition coefficient (Wildman–Crippen LogP) is 3.56. The van der Waals surface area contributed by atoms with Crippen LogP contribution in [-0.2, 0) is 9.53 Å². The molecule has 1 saturated heterocycles. The largest absolute Gasteiger partial charge is 0.449 e. The van der Waals surface area contributed by atoms with Crippen molar-refractivity contribution >= 4 is 52.8 Å². The molecule has 0 saturated carbocycles. The monoisotopic (exact) mass is 427 g/mol. The highest BCUT2D eigenvalue weighted by Gasteiger charge is 2.27. The number of aliphatic imine (C=N–C) groups is 2. The van der Waals surface area contributed by atoms with E-state index in [9.17, 15) is 9.59 Å². The average molecular weight is 428 g/mol. The number of alkyl carbamates (subject to hydrolysis) is 1. The van der Waals surface area contributed by atoms with Gasteiger partial charge < -0.3 is 9.64 Å². The van der Waals surface area contributed by atoms with E-state index in [4.69, 9.17) is 27.9 Å². The maximum absolute atomic E-state index is 12.1. The lowest BCUT2D eigenvalue weighted by molar-refractivity contribution is -0.118. The summed E-state index contributed by atoms with van der Waals surface area (Å²) in [5, 5.41) is 5.86. The quantitative estimate of drug-likeness (QED) is 0.566. The van der Waals surface area contributed by atoms with E-state index in [1.54, 1.807) is 23.1 Å². The number of benzene rings is 1. The number of halogens is 2. The molecular formula is C18H23Cl2N5O3. The van der Waals surface area contributed by atoms with Crippen molar-refractivity contribution in [2.45, 2.75) is 33.7 Å². The van der Waals surface area contributed by atoms with Crippen LogP contribution < -0.4 is 10.6 Å². The molecule has 28 heavy (non-hydrogen) atoms. The van der Waals surface area contributed by atoms with Crippen LogP contribution in [0.25, 0.3) is 0 Å². The van der Waals surface area contributed by atoms with Gasteiger partial charge in [-0.25, -0.2) is 9.79 Å². The SMILES string of the molecule is CC(C)COC(=O)NC(=Nc1ccc(Cl)c(Cl)c1)N=C1NC(=O)CN1C(C)C. The summed E-state index contributed by atoms with van der Waals surface area (Å²) in [6.07, 6.45) is -0.697. The van der Waals surface area contributed by atoms with Gasteiger partial charge in [0.25, 0.3) is 0 Å². The molecule has 152 valence electrons. The van der Waals surface area contributed by atoms with E-state index in [0.717, 1.165) is 0 Å². The van der Waals surface area contributed by atoms with Crippen LogP contribution in [-0.4, -0.2) is 48.0 Å². The lowest BCUT2D eigenvalue weighted by atomic mass is 10.2. The van der Waals surface area contributed by atoms with Crippen LogP contribution in [0, 0.1) is 5.92 Å². The molecule has 0 unspecified atom stereocenters. The Morgan fingerprint density at radius 1 is 1.29 bits per heavy atom. The molecule has 0 bridgehead atoms. The van der Waals surface area contributed by atoms with Crippen molar-refractivity contribution in [3.63, 3.8) is 0 Å². The molecule has 1 fully saturated rings. The molecule has 1 aliphatic heterocycles. The first-order valence-electron chi connectivity index (χ1n) is 8.78. The topological polar surface area (TPSA) is 95.4 Å². The van der Waals surface area contributed by atoms with E-state index < -0.39 is 6.09 Å². The molecule has 1 aromatic rings. The standard InChI is InChI=1S/C18H23Cl2N5O3/c1-10(2)9-28-18(27)24-16(21-12-5-6-13(19)14(20)7-12)23-17-22-15(26)8-25(17)11(3)4/h5-7,10-11H,8-9H2,1-4H3,(H2,21,22,23,24,26,27). The number of amides is 2. The van der Waals surface area contributed by atoms with Crippen molar-refractivity contribution in [1.29, 1.82) is 0 Å². The Bertz CT molecular complexity index is 808. The summed E-state index contributed by atoms with van der Waals surface area (Å²) in [5.74, 6) is 0.236. The minimum absolute atomic E-state index is 0.0248. The number of ether oxygens (including phenoxy) is 1. The fourth-order valence-corrected chi connectivity index (χ4v) is 2.51. The van der Waals surface area contributed by atoms with Crippen LogP contribution in [0.2, 0.25) is 10.0 Å². The van der Waals surface area contributed by atoms with Crippen LogP contribution in [0.5, 0.6) is 0 Å². The van der Waals surface area contributed by atoms with E-state index in [1.165, 1.54) is 0 Å². The molecule has 0 aromatic heterocycles. The molecule has 1 aromatic carbocycles. The molecule has 2 N–H and O–H groups in total. The van der Waals surface area contributed by atoms with Crippen molar-refractivity contribution < 1.29 is 14.3 Å². The van der Waals surface area contributed by atoms with Crippen molar-refractivity contribution in [3.05, 3.63) is 28.2 Å². The van der Waals surface area contributed by atoms with Crippen LogP contribution in [0.1, 0.15) is 27.7 Å². The van der Waals surface area contributed by atoms with E-state index in [0.29, 0.717) is 21.7 Å². The van der Waals surface area contributed by atoms with Gasteiger partial charge in [-0.3, -0.25) is 15.4 Å². The van der Waals surface area contributed by atoms with Gasteiger partial charge in [-0.1, -0.05) is 37.0 Å². The second kappa shape index (κ2) is 9.75. The van der Waals surface area contributed by atoms with Crippen molar-refractivity contribution in [2.75, 3.05) is 13.2 Å². The highest BCUT2D eigenvalue weighted by Crippen LogP contribution is 2.26. The van der Waals surface area contributed by atoms with Gasteiger partial charge in [-0.2, -0.15) is 4.99 Å². The van der Waals surface area contributed by atoms with Gasteiger partial charge in [-0.05, 0) is 38.0 Å². The summed E-state index contributed by atoms with van der Waals surface area (Å²) in [6, 6.07) is 4.78. The zero-order valence-electron chi connectivity index (χ0n) is 16.1. The van der Waals surface area contributed by atoms with Crippen LogP contribution in [0.15, 0.2) is 28.2 Å². The van der Waals surface area contributed by atoms with Gasteiger partial charge in [0, 0.05) is 6.04 Å². The minimum atomic E-state index is -0.697. The Labute approximate surface area is 173 Å². The van der Waals surface area contributed by atoms with E-state index in [2.05, 4.69) is 20.6 Å². The minimum Gasteiger partial charge on any atom is -0.449 e. The van der Waals surface area contributed by atoms with E-state index >= 15 is 0 Å². The van der Waals surface area contributed by atoms with Crippen molar-refractivity contribution in [3.8, 4) is 0 Å². The molecular weight excluding hydrogens is 405 g/mol. The predicted molar refractivity (Wildman–Crippen MR) is 110 cm³/mol. The van der Waals surface area contributed by atoms with E-state index in [-0.39, 0.29) is 37.0 Å². The van der Waals surface area contributed by atoms with Gasteiger partial charge in [0.1, 0.15) is 6.54 Å². The van der Waals surface area contributed by atoms with Crippen molar-refractivity contribution in [2.24, 2.45) is 15.9 Å². The third-order valence-electron chi connectivity index (χ3n) is 3.57. The number of guanidine groups is 2. The Balaban J connectivity index is 2.33. The fourth-order valence-electron chi connectivity index (χ4n) is 2.21. The number of hydrogen-bond acceptors (Lipinski definition) is 4. The molecule has 1 aliphatic rings. The molecule has 2 rings (SSSR count). The Hall–Kier alpha value is -2.32. The van der Waals surface area contributed by atoms with Gasteiger partial charge in [0.05, 0.1) is 22.3 Å². The highest BCUT2D eigenvalue weighted by atomic mass is 35.5. The average Bonchev–Trinajstić information content (AvgIpc) is 2.97. The summed E-state index contributed by atoms with van der Waals surface area (Å²) in [6.45, 7) is 8.12. The van der Waals surface area contributed by atoms with Gasteiger partial charge in [0.15, 0.2) is 0 Å². The second-order valence-corrected chi connectivity index (χ2v) is 7.67. The van der Waals surface area contributed by atoms with E-state index in [1.807, 2.05) is 27.7 Å². The number of rotatable bonds is 4. The number of carbonyl (C=O) groups excluding carboxylic acids is 2. The second-order valence-electron chi connectivity index (χ2n) is 6.86. The lowest BCUT2D eigenvalue weighted by Gasteiger charge is -2.21. The van der Waals surface area contributed by atoms with Crippen molar-refractivity contribution in [1.82, 2.24) is 15.5 Å². The summed E-state index contributed by atoms with van der Waals surface area (Å²) in [5.41, 5.74) is 0.429. The maximum atomic E-state index is 12.1. The first kappa shape index (κ1) is 22.0. The van der Waals surface area contributed by atoms with Crippen LogP contribution in [0.3, 0.4) is 0 Å². The molecule has 8 nitrogen and oxygen atoms in total.